The molecule has 0 spiro atoms. The van der Waals surface area contributed by atoms with Gasteiger partial charge < -0.3 is 9.47 Å². The third-order valence-corrected chi connectivity index (χ3v) is 17.0. The van der Waals surface area contributed by atoms with Gasteiger partial charge in [0.05, 0.1) is 6.54 Å². The fourth-order valence-electron chi connectivity index (χ4n) is 11.2. The monoisotopic (exact) mass is 1260 g/mol. The van der Waals surface area contributed by atoms with Gasteiger partial charge in [0.15, 0.2) is 6.10 Å². The molecule has 0 aromatic rings. The van der Waals surface area contributed by atoms with Crippen LogP contribution in [0.3, 0.4) is 0 Å². The number of ether oxygens (including phenoxy) is 2. The maximum atomic E-state index is 14.3. The lowest BCUT2D eigenvalue weighted by Crippen LogP contribution is -2.52. The molecule has 0 radical (unpaired) electrons. The lowest BCUT2D eigenvalue weighted by molar-refractivity contribution is -0.184. The van der Waals surface area contributed by atoms with E-state index in [1.54, 1.807) is 13.8 Å². The van der Waals surface area contributed by atoms with Crippen molar-refractivity contribution in [3.8, 4) is 0 Å². The van der Waals surface area contributed by atoms with E-state index < -0.39 is 11.7 Å². The Kier molecular flexibility index (Phi) is 67.1. The van der Waals surface area contributed by atoms with Gasteiger partial charge in [-0.05, 0) is 142 Å². The van der Waals surface area contributed by atoms with E-state index in [9.17, 15) is 19.2 Å². The second-order valence-corrected chi connectivity index (χ2v) is 25.8. The van der Waals surface area contributed by atoms with Crippen LogP contribution in [0.4, 0.5) is 0 Å². The maximum Gasteiger partial charge on any atom is 0.306 e. The number of halogens is 1. The zero-order valence-electron chi connectivity index (χ0n) is 57.3. The van der Waals surface area contributed by atoms with E-state index in [4.69, 9.17) is 9.47 Å². The Morgan fingerprint density at radius 2 is 0.518 bits per heavy atom. The summed E-state index contributed by atoms with van der Waals surface area (Å²) in [6, 6.07) is 0. The van der Waals surface area contributed by atoms with E-state index in [1.807, 2.05) is 0 Å². The predicted octanol–water partition coefficient (Wildman–Crippen LogP) is 25.3. The van der Waals surface area contributed by atoms with Crippen LogP contribution in [0.5, 0.6) is 0 Å². The van der Waals surface area contributed by atoms with Crippen molar-refractivity contribution in [2.24, 2.45) is 0 Å². The lowest BCUT2D eigenvalue weighted by Gasteiger charge is -2.36. The van der Waals surface area contributed by atoms with Crippen molar-refractivity contribution in [3.05, 3.63) is 48.6 Å². The summed E-state index contributed by atoms with van der Waals surface area (Å²) >= 11 is 0. The van der Waals surface area contributed by atoms with Crippen molar-refractivity contribution < 1.29 is 28.7 Å². The zero-order chi connectivity index (χ0) is 61.3. The Bertz CT molecular complexity index is 1530. The molecule has 0 saturated heterocycles. The van der Waals surface area contributed by atoms with E-state index >= 15 is 0 Å². The van der Waals surface area contributed by atoms with Crippen molar-refractivity contribution in [2.75, 3.05) is 6.54 Å². The summed E-state index contributed by atoms with van der Waals surface area (Å²) in [4.78, 5) is 57.2. The summed E-state index contributed by atoms with van der Waals surface area (Å²) in [5, 5.41) is 0. The number of amides is 2. The summed E-state index contributed by atoms with van der Waals surface area (Å²) in [7, 11) is 0. The number of nitrogens with zero attached hydrogens (tertiary/aromatic N) is 1. The third-order valence-electron chi connectivity index (χ3n) is 17.0. The van der Waals surface area contributed by atoms with Crippen LogP contribution in [0.1, 0.15) is 401 Å². The minimum absolute atomic E-state index is 0. The Labute approximate surface area is 539 Å². The molecule has 7 nitrogen and oxygen atoms in total. The van der Waals surface area contributed by atoms with E-state index in [0.29, 0.717) is 19.3 Å². The largest absolute Gasteiger partial charge is 0.456 e. The van der Waals surface area contributed by atoms with Gasteiger partial charge in [-0.2, -0.15) is 0 Å². The second kappa shape index (κ2) is 67.5. The Hall–Kier alpha value is -2.48. The van der Waals surface area contributed by atoms with E-state index in [-0.39, 0.29) is 73.0 Å². The van der Waals surface area contributed by atoms with Gasteiger partial charge >= 0.3 is 11.9 Å². The molecule has 85 heavy (non-hydrogen) atoms. The normalized spacial score (nSPS) is 12.3. The van der Waals surface area contributed by atoms with Crippen LogP contribution in [0.25, 0.3) is 0 Å². The number of carbonyl (C=O) groups is 4. The Morgan fingerprint density at radius 1 is 0.306 bits per heavy atom. The van der Waals surface area contributed by atoms with Crippen LogP contribution in [0.2, 0.25) is 0 Å². The number of hydrogen-bond acceptors (Lipinski definition) is 6. The highest BCUT2D eigenvalue weighted by Crippen LogP contribution is 2.25. The topological polar surface area (TPSA) is 90.0 Å². The van der Waals surface area contributed by atoms with E-state index in [0.717, 1.165) is 135 Å². The number of allylic oxidation sites excluding steroid dienone is 8. The number of esters is 2. The minimum Gasteiger partial charge on any atom is -0.456 e. The van der Waals surface area contributed by atoms with Crippen LogP contribution >= 0.6 is 17.0 Å². The number of hydrogen-bond donors (Lipinski definition) is 0. The zero-order valence-corrected chi connectivity index (χ0v) is 59.0. The molecule has 0 saturated carbocycles. The van der Waals surface area contributed by atoms with Gasteiger partial charge in [0.1, 0.15) is 5.60 Å². The lowest BCUT2D eigenvalue weighted by atomic mass is 9.99. The van der Waals surface area contributed by atoms with Gasteiger partial charge in [0.25, 0.3) is 0 Å². The fraction of sp³-hybridized carbons (Fsp3) is 0.844. The predicted molar refractivity (Wildman–Crippen MR) is 375 cm³/mol. The van der Waals surface area contributed by atoms with Crippen molar-refractivity contribution in [2.45, 2.75) is 413 Å². The van der Waals surface area contributed by atoms with Gasteiger partial charge in [0.2, 0.25) is 11.8 Å². The first-order valence-corrected chi connectivity index (χ1v) is 37.0. The highest BCUT2D eigenvalue weighted by Gasteiger charge is 2.40. The molecule has 0 aliphatic heterocycles. The molecule has 0 aliphatic rings. The van der Waals surface area contributed by atoms with E-state index in [2.05, 4.69) is 76.3 Å². The second-order valence-electron chi connectivity index (χ2n) is 25.8. The molecule has 2 amide bonds. The first-order valence-electron chi connectivity index (χ1n) is 37.0. The minimum atomic E-state index is -1.25. The van der Waals surface area contributed by atoms with Crippen molar-refractivity contribution >= 4 is 40.7 Å². The van der Waals surface area contributed by atoms with Gasteiger partial charge in [-0.3, -0.25) is 24.1 Å². The van der Waals surface area contributed by atoms with Crippen LogP contribution in [-0.4, -0.2) is 46.9 Å². The maximum absolute atomic E-state index is 14.3. The molecule has 0 rings (SSSR count). The molecule has 0 aromatic heterocycles. The quantitative estimate of drug-likeness (QED) is 0.0342. The summed E-state index contributed by atoms with van der Waals surface area (Å²) in [6.45, 7) is 12.5. The molecular weight excluding hydrogens is 1110 g/mol. The van der Waals surface area contributed by atoms with Crippen LogP contribution < -0.4 is 0 Å². The average Bonchev–Trinajstić information content (AvgIpc) is 3.48. The van der Waals surface area contributed by atoms with Gasteiger partial charge in [-0.25, -0.2) is 0 Å². The smallest absolute Gasteiger partial charge is 0.306 e. The van der Waals surface area contributed by atoms with E-state index in [1.165, 1.54) is 185 Å². The standard InChI is InChI=1S/C77H141NO6.BrH/c1-7-11-15-19-23-27-31-35-39-43-47-51-55-59-63-67-73(79)78(74(80)68-64-60-56-52-48-44-40-36-32-28-24-20-16-12-8-2)71-72(83-75(81)69-65-61-57-53-49-45-41-37-33-29-25-21-17-13-9-3)77(5,6)84-76(82)70-66-62-58-54-50-46-42-38-34-30-26-22-18-14-10-4;/h35-42,72H,7-34,43-71H2,1-6H3;1H/b39-35-,40-36-,41-37-,42-38-;. The van der Waals surface area contributed by atoms with Crippen molar-refractivity contribution in [1.29, 1.82) is 0 Å². The molecule has 0 aromatic carbocycles. The Morgan fingerprint density at radius 3 is 0.776 bits per heavy atom. The Balaban J connectivity index is 0. The SMILES string of the molecule is Br.CCCCCCCC/C=C\CCCCCCCC(=O)OC(CN(C(=O)CCCCCCC/C=C\CCCCCCCC)C(=O)CCCCCCC/C=C\CCCCCCCC)C(C)(C)OC(=O)CCCCCCC/C=C\CCCCCCCC. The number of carbonyl (C=O) groups excluding carboxylic acids is 4. The van der Waals surface area contributed by atoms with Crippen molar-refractivity contribution in [1.82, 2.24) is 4.90 Å². The first-order chi connectivity index (χ1) is 41.1. The van der Waals surface area contributed by atoms with Crippen LogP contribution in [0.15, 0.2) is 48.6 Å². The summed E-state index contributed by atoms with van der Waals surface area (Å²) in [5.74, 6) is -1.15. The van der Waals surface area contributed by atoms with Gasteiger partial charge in [-0.1, -0.05) is 282 Å². The highest BCUT2D eigenvalue weighted by atomic mass is 79.9. The molecule has 0 bridgehead atoms. The molecule has 498 valence electrons. The van der Waals surface area contributed by atoms with Crippen molar-refractivity contribution in [3.63, 3.8) is 0 Å². The molecule has 1 unspecified atom stereocenters. The molecule has 1 atom stereocenters. The molecule has 0 heterocycles. The van der Waals surface area contributed by atoms with Crippen LogP contribution in [0, 0.1) is 0 Å². The number of rotatable bonds is 65. The molecule has 0 aliphatic carbocycles. The molecule has 8 heteroatoms. The number of unbranched alkanes of at least 4 members (excludes halogenated alkanes) is 44. The highest BCUT2D eigenvalue weighted by molar-refractivity contribution is 8.93. The molecule has 0 fully saturated rings. The molecule has 0 N–H and O–H groups in total. The fourth-order valence-corrected chi connectivity index (χ4v) is 11.2. The first kappa shape index (κ1) is 84.6. The summed E-state index contributed by atoms with van der Waals surface area (Å²) < 4.78 is 12.5. The number of imide groups is 1. The van der Waals surface area contributed by atoms with Gasteiger partial charge in [0, 0.05) is 25.7 Å². The van der Waals surface area contributed by atoms with Gasteiger partial charge in [-0.15, -0.1) is 17.0 Å². The molecular formula is C77H142BrNO6. The summed E-state index contributed by atoms with van der Waals surface area (Å²) in [5.41, 5.74) is -1.25. The summed E-state index contributed by atoms with van der Waals surface area (Å²) in [6.07, 6.45) is 79.9. The van der Waals surface area contributed by atoms with Crippen LogP contribution in [-0.2, 0) is 28.7 Å². The third kappa shape index (κ3) is 60.2. The average molecular weight is 1260 g/mol.